The lowest BCUT2D eigenvalue weighted by molar-refractivity contribution is -0.141. The van der Waals surface area contributed by atoms with Crippen LogP contribution in [0, 0.1) is 0 Å². The predicted octanol–water partition coefficient (Wildman–Crippen LogP) is 4.49. The molecule has 3 aromatic rings. The highest BCUT2D eigenvalue weighted by Crippen LogP contribution is 2.31. The van der Waals surface area contributed by atoms with Gasteiger partial charge >= 0.3 is 5.97 Å². The number of hydrogen-bond acceptors (Lipinski definition) is 6. The Balaban J connectivity index is 1.85. The zero-order chi connectivity index (χ0) is 20.8. The molecular weight excluding hydrogens is 382 g/mol. The van der Waals surface area contributed by atoms with Crippen molar-refractivity contribution in [2.45, 2.75) is 26.4 Å². The average molecular weight is 400 g/mol. The highest BCUT2D eigenvalue weighted by Gasteiger charge is 2.14. The van der Waals surface area contributed by atoms with Gasteiger partial charge in [-0.05, 0) is 38.1 Å². The van der Waals surface area contributed by atoms with Crippen LogP contribution in [0.4, 0.5) is 8.78 Å². The molecule has 0 fully saturated rings. The van der Waals surface area contributed by atoms with Crippen LogP contribution in [0.3, 0.4) is 0 Å². The summed E-state index contributed by atoms with van der Waals surface area (Å²) in [5, 5.41) is 4.18. The molecule has 0 aliphatic carbocycles. The van der Waals surface area contributed by atoms with E-state index in [-0.39, 0.29) is 29.1 Å². The Morgan fingerprint density at radius 3 is 2.69 bits per heavy atom. The molecular formula is C20H18F2N4O3. The van der Waals surface area contributed by atoms with Crippen LogP contribution < -0.4 is 4.74 Å². The fraction of sp³-hybridized carbons (Fsp3) is 0.200. The van der Waals surface area contributed by atoms with E-state index in [1.807, 2.05) is 0 Å². The zero-order valence-corrected chi connectivity index (χ0v) is 15.7. The molecule has 0 aliphatic heterocycles. The van der Waals surface area contributed by atoms with Crippen molar-refractivity contribution in [2.75, 3.05) is 0 Å². The Morgan fingerprint density at radius 1 is 1.17 bits per heavy atom. The molecule has 0 unspecified atom stereocenters. The quantitative estimate of drug-likeness (QED) is 0.429. The van der Waals surface area contributed by atoms with Crippen molar-refractivity contribution < 1.29 is 23.0 Å². The Hall–Kier alpha value is -3.62. The number of pyridine rings is 1. The number of benzene rings is 1. The van der Waals surface area contributed by atoms with Gasteiger partial charge in [-0.1, -0.05) is 6.07 Å². The van der Waals surface area contributed by atoms with Crippen molar-refractivity contribution in [3.63, 3.8) is 0 Å². The third kappa shape index (κ3) is 5.68. The predicted molar refractivity (Wildman–Crippen MR) is 101 cm³/mol. The number of nitrogens with zero attached hydrogens (tertiary/aromatic N) is 4. The molecule has 3 rings (SSSR count). The van der Waals surface area contributed by atoms with Gasteiger partial charge in [0.25, 0.3) is 6.43 Å². The first-order chi connectivity index (χ1) is 13.9. The van der Waals surface area contributed by atoms with E-state index < -0.39 is 12.4 Å². The van der Waals surface area contributed by atoms with E-state index in [9.17, 15) is 13.6 Å². The Bertz CT molecular complexity index is 1000. The second kappa shape index (κ2) is 9.05. The number of halogens is 2. The summed E-state index contributed by atoms with van der Waals surface area (Å²) in [6, 6.07) is 9.11. The molecule has 0 N–H and O–H groups in total. The number of carbonyl (C=O) groups excluding carboxylic acids is 1. The number of aromatic nitrogens is 4. The van der Waals surface area contributed by atoms with Crippen LogP contribution in [0.2, 0.25) is 0 Å². The smallest absolute Gasteiger partial charge is 0.332 e. The van der Waals surface area contributed by atoms with Gasteiger partial charge < -0.3 is 9.47 Å². The van der Waals surface area contributed by atoms with Crippen LogP contribution in [0.1, 0.15) is 25.8 Å². The van der Waals surface area contributed by atoms with Crippen LogP contribution >= 0.6 is 0 Å². The fourth-order valence-corrected chi connectivity index (χ4v) is 2.35. The van der Waals surface area contributed by atoms with E-state index in [0.717, 1.165) is 0 Å². The lowest BCUT2D eigenvalue weighted by Crippen LogP contribution is -2.08. The molecule has 1 aromatic carbocycles. The maximum absolute atomic E-state index is 13.3. The highest BCUT2D eigenvalue weighted by molar-refractivity contribution is 5.85. The molecule has 0 aliphatic rings. The first-order valence-electron chi connectivity index (χ1n) is 8.73. The number of ether oxygens (including phenoxy) is 2. The van der Waals surface area contributed by atoms with Gasteiger partial charge in [-0.2, -0.15) is 0 Å². The van der Waals surface area contributed by atoms with E-state index in [1.165, 1.54) is 47.7 Å². The summed E-state index contributed by atoms with van der Waals surface area (Å²) in [5.74, 6) is 0.127. The molecule has 0 saturated heterocycles. The molecule has 0 radical (unpaired) electrons. The summed E-state index contributed by atoms with van der Waals surface area (Å²) in [5.41, 5.74) is 0.103. The summed E-state index contributed by atoms with van der Waals surface area (Å²) in [6.45, 7) is 3.47. The normalized spacial score (nSPS) is 11.4. The fourth-order valence-electron chi connectivity index (χ4n) is 2.35. The van der Waals surface area contributed by atoms with Crippen molar-refractivity contribution in [3.05, 3.63) is 60.6 Å². The largest absolute Gasteiger partial charge is 0.460 e. The lowest BCUT2D eigenvalue weighted by atomic mass is 10.1. The minimum atomic E-state index is -2.70. The first kappa shape index (κ1) is 20.1. The molecule has 0 spiro atoms. The Morgan fingerprint density at radius 2 is 2.00 bits per heavy atom. The molecule has 2 aromatic heterocycles. The lowest BCUT2D eigenvalue weighted by Gasteiger charge is -2.09. The maximum atomic E-state index is 13.3. The van der Waals surface area contributed by atoms with Crippen LogP contribution in [0.5, 0.6) is 11.6 Å². The number of esters is 1. The van der Waals surface area contributed by atoms with Gasteiger partial charge in [0.05, 0.1) is 6.10 Å². The highest BCUT2D eigenvalue weighted by atomic mass is 19.3. The second-order valence-corrected chi connectivity index (χ2v) is 6.21. The van der Waals surface area contributed by atoms with Gasteiger partial charge in [-0.15, -0.1) is 5.10 Å². The summed E-state index contributed by atoms with van der Waals surface area (Å²) < 4.78 is 38.5. The third-order valence-corrected chi connectivity index (χ3v) is 3.52. The van der Waals surface area contributed by atoms with E-state index in [4.69, 9.17) is 9.47 Å². The number of alkyl halides is 2. The van der Waals surface area contributed by atoms with Crippen LogP contribution in [-0.4, -0.2) is 31.8 Å². The van der Waals surface area contributed by atoms with Crippen molar-refractivity contribution in [1.82, 2.24) is 19.7 Å². The molecule has 7 nitrogen and oxygen atoms in total. The van der Waals surface area contributed by atoms with Crippen LogP contribution in [0.15, 0.2) is 55.0 Å². The number of rotatable bonds is 7. The van der Waals surface area contributed by atoms with Crippen molar-refractivity contribution in [3.8, 4) is 23.0 Å². The topological polar surface area (TPSA) is 79.1 Å². The zero-order valence-electron chi connectivity index (χ0n) is 15.7. The molecule has 0 saturated carbocycles. The molecule has 2 heterocycles. The van der Waals surface area contributed by atoms with E-state index in [2.05, 4.69) is 15.1 Å². The third-order valence-electron chi connectivity index (χ3n) is 3.52. The molecule has 9 heteroatoms. The molecule has 29 heavy (non-hydrogen) atoms. The minimum Gasteiger partial charge on any atom is -0.460 e. The maximum Gasteiger partial charge on any atom is 0.332 e. The minimum absolute atomic E-state index is 0.184. The summed E-state index contributed by atoms with van der Waals surface area (Å²) in [6.07, 6.45) is 2.50. The van der Waals surface area contributed by atoms with E-state index in [0.29, 0.717) is 5.56 Å². The van der Waals surface area contributed by atoms with Gasteiger partial charge in [0.15, 0.2) is 5.82 Å². The van der Waals surface area contributed by atoms with Gasteiger partial charge in [-0.25, -0.2) is 28.2 Å². The van der Waals surface area contributed by atoms with Gasteiger partial charge in [-0.3, -0.25) is 0 Å². The van der Waals surface area contributed by atoms with Crippen molar-refractivity contribution >= 4 is 12.2 Å². The standard InChI is InChI=1S/C20H18F2N4O3/c1-13(2)28-18(27)6-8-26-12-24-20(25-26)15-9-14(19(21)22)10-16(11-15)29-17-5-3-4-7-23-17/h3-13,19H,1-2H3/b8-6-. The first-order valence-corrected chi connectivity index (χ1v) is 8.73. The van der Waals surface area contributed by atoms with Crippen molar-refractivity contribution in [2.24, 2.45) is 0 Å². The van der Waals surface area contributed by atoms with E-state index in [1.54, 1.807) is 32.0 Å². The number of carbonyl (C=O) groups is 1. The number of hydrogen-bond donors (Lipinski definition) is 0. The molecule has 0 bridgehead atoms. The van der Waals surface area contributed by atoms with E-state index >= 15 is 0 Å². The van der Waals surface area contributed by atoms with Gasteiger partial charge in [0.2, 0.25) is 5.88 Å². The average Bonchev–Trinajstić information content (AvgIpc) is 3.15. The monoisotopic (exact) mass is 400 g/mol. The molecule has 0 amide bonds. The summed E-state index contributed by atoms with van der Waals surface area (Å²) >= 11 is 0. The second-order valence-electron chi connectivity index (χ2n) is 6.21. The van der Waals surface area contributed by atoms with Crippen LogP contribution in [-0.2, 0) is 9.53 Å². The Kier molecular flexibility index (Phi) is 6.28. The Labute approximate surface area is 165 Å². The van der Waals surface area contributed by atoms with Gasteiger partial charge in [0.1, 0.15) is 12.1 Å². The molecule has 150 valence electrons. The van der Waals surface area contributed by atoms with Crippen LogP contribution in [0.25, 0.3) is 17.6 Å². The SMILES string of the molecule is CC(C)OC(=O)/C=C\n1cnc(-c2cc(Oc3ccccn3)cc(C(F)F)c2)n1. The molecule has 0 atom stereocenters. The summed E-state index contributed by atoms with van der Waals surface area (Å²) in [4.78, 5) is 19.7. The van der Waals surface area contributed by atoms with Gasteiger partial charge in [0, 0.05) is 35.7 Å². The van der Waals surface area contributed by atoms with Crippen molar-refractivity contribution in [1.29, 1.82) is 0 Å². The summed E-state index contributed by atoms with van der Waals surface area (Å²) in [7, 11) is 0.